The van der Waals surface area contributed by atoms with Crippen LogP contribution in [0.4, 0.5) is 15.3 Å². The molecule has 5 amide bonds. The number of carbonyl (C=O) groups excluding carboxylic acids is 3. The van der Waals surface area contributed by atoms with Gasteiger partial charge in [0.25, 0.3) is 5.91 Å². The number of likely N-dealkylation sites (N-methyl/N-ethyl adjacent to an activating group) is 1. The second-order valence-electron chi connectivity index (χ2n) is 14.1. The first-order valence-corrected chi connectivity index (χ1v) is 18.1. The lowest BCUT2D eigenvalue weighted by molar-refractivity contribution is -0.0123. The first-order chi connectivity index (χ1) is 22.6. The van der Waals surface area contributed by atoms with E-state index < -0.39 is 6.04 Å². The maximum absolute atomic E-state index is 14.4. The maximum Gasteiger partial charge on any atom is 0.319 e. The number of benzene rings is 1. The predicted molar refractivity (Wildman–Crippen MR) is 184 cm³/mol. The number of aliphatic hydroxyl groups excluding tert-OH is 1. The Morgan fingerprint density at radius 2 is 1.60 bits per heavy atom. The molecule has 4 atom stereocenters. The van der Waals surface area contributed by atoms with Crippen LogP contribution in [0.2, 0.25) is 0 Å². The van der Waals surface area contributed by atoms with Gasteiger partial charge in [-0.15, -0.1) is 0 Å². The zero-order valence-corrected chi connectivity index (χ0v) is 29.1. The van der Waals surface area contributed by atoms with Gasteiger partial charge in [0, 0.05) is 50.4 Å². The van der Waals surface area contributed by atoms with Crippen LogP contribution < -0.4 is 20.7 Å². The van der Waals surface area contributed by atoms with Crippen molar-refractivity contribution in [3.63, 3.8) is 0 Å². The molecule has 3 aliphatic rings. The number of urea groups is 2. The number of carbonyl (C=O) groups is 3. The van der Waals surface area contributed by atoms with E-state index in [2.05, 4.69) is 16.0 Å². The van der Waals surface area contributed by atoms with Crippen LogP contribution in [0.25, 0.3) is 0 Å². The van der Waals surface area contributed by atoms with Crippen molar-refractivity contribution < 1.29 is 29.0 Å². The average Bonchev–Trinajstić information content (AvgIpc) is 3.06. The summed E-state index contributed by atoms with van der Waals surface area (Å²) in [4.78, 5) is 43.7. The van der Waals surface area contributed by atoms with Gasteiger partial charge in [-0.05, 0) is 77.0 Å². The van der Waals surface area contributed by atoms with Crippen LogP contribution in [0.1, 0.15) is 115 Å². The Labute approximate surface area is 281 Å². The largest absolute Gasteiger partial charge is 0.490 e. The number of nitrogens with zero attached hydrogens (tertiary/aromatic N) is 2. The van der Waals surface area contributed by atoms with Crippen molar-refractivity contribution in [3.8, 4) is 5.75 Å². The van der Waals surface area contributed by atoms with Gasteiger partial charge in [-0.2, -0.15) is 0 Å². The molecule has 0 radical (unpaired) electrons. The predicted octanol–water partition coefficient (Wildman–Crippen LogP) is 5.91. The van der Waals surface area contributed by atoms with Gasteiger partial charge in [0.05, 0.1) is 30.4 Å². The summed E-state index contributed by atoms with van der Waals surface area (Å²) in [5.41, 5.74) is 0.831. The van der Waals surface area contributed by atoms with Crippen molar-refractivity contribution in [2.45, 2.75) is 135 Å². The second-order valence-corrected chi connectivity index (χ2v) is 14.1. The van der Waals surface area contributed by atoms with Gasteiger partial charge in [-0.3, -0.25) is 4.79 Å². The van der Waals surface area contributed by atoms with Gasteiger partial charge < -0.3 is 40.3 Å². The molecule has 0 unspecified atom stereocenters. The highest BCUT2D eigenvalue weighted by molar-refractivity contribution is 5.99. The minimum Gasteiger partial charge on any atom is -0.490 e. The van der Waals surface area contributed by atoms with Crippen LogP contribution in [0, 0.1) is 5.92 Å². The van der Waals surface area contributed by atoms with Gasteiger partial charge in [-0.1, -0.05) is 45.4 Å². The smallest absolute Gasteiger partial charge is 0.319 e. The summed E-state index contributed by atoms with van der Waals surface area (Å²) in [6.07, 6.45) is 12.9. The van der Waals surface area contributed by atoms with Gasteiger partial charge in [0.1, 0.15) is 5.75 Å². The highest BCUT2D eigenvalue weighted by atomic mass is 16.5. The number of hydrogen-bond acceptors (Lipinski definition) is 6. The lowest BCUT2D eigenvalue weighted by atomic mass is 9.96. The Bertz CT molecular complexity index is 1150. The fourth-order valence-corrected chi connectivity index (χ4v) is 6.95. The van der Waals surface area contributed by atoms with E-state index in [0.29, 0.717) is 36.7 Å². The van der Waals surface area contributed by atoms with E-state index in [0.717, 1.165) is 70.6 Å². The summed E-state index contributed by atoms with van der Waals surface area (Å²) >= 11 is 0. The quantitative estimate of drug-likeness (QED) is 0.288. The van der Waals surface area contributed by atoms with Crippen LogP contribution in [0.5, 0.6) is 5.75 Å². The van der Waals surface area contributed by atoms with E-state index in [4.69, 9.17) is 9.47 Å². The molecule has 0 aromatic heterocycles. The van der Waals surface area contributed by atoms with E-state index in [1.807, 2.05) is 20.8 Å². The molecule has 0 bridgehead atoms. The number of rotatable bonds is 7. The van der Waals surface area contributed by atoms with Crippen molar-refractivity contribution in [3.05, 3.63) is 23.8 Å². The Morgan fingerprint density at radius 3 is 2.26 bits per heavy atom. The number of fused-ring (bicyclic) bond motifs is 1. The molecule has 1 aromatic rings. The van der Waals surface area contributed by atoms with Crippen LogP contribution >= 0.6 is 0 Å². The molecule has 1 aliphatic heterocycles. The lowest BCUT2D eigenvalue weighted by Crippen LogP contribution is -2.50. The number of ether oxygens (including phenoxy) is 2. The van der Waals surface area contributed by atoms with Gasteiger partial charge in [0.2, 0.25) is 0 Å². The summed E-state index contributed by atoms with van der Waals surface area (Å²) < 4.78 is 12.7. The molecule has 47 heavy (non-hydrogen) atoms. The van der Waals surface area contributed by atoms with Gasteiger partial charge >= 0.3 is 12.1 Å². The highest BCUT2D eigenvalue weighted by Gasteiger charge is 2.31. The molecule has 4 N–H and O–H groups in total. The second kappa shape index (κ2) is 18.5. The summed E-state index contributed by atoms with van der Waals surface area (Å²) in [7, 11) is 1.80. The zero-order chi connectivity index (χ0) is 33.8. The molecule has 1 heterocycles. The third-order valence-corrected chi connectivity index (χ3v) is 9.98. The first kappa shape index (κ1) is 36.8. The zero-order valence-electron chi connectivity index (χ0n) is 29.1. The Balaban J connectivity index is 1.54. The third kappa shape index (κ3) is 11.3. The molecule has 11 nitrogen and oxygen atoms in total. The molecule has 1 aromatic carbocycles. The van der Waals surface area contributed by atoms with Crippen molar-refractivity contribution in [2.75, 3.05) is 38.7 Å². The summed E-state index contributed by atoms with van der Waals surface area (Å²) in [6, 6.07) is 4.69. The molecule has 2 fully saturated rings. The molecule has 4 rings (SSSR count). The SMILES string of the molecule is C[C@H]1CCCCO[C@@H](CN(C)C(=O)NC2CCCCC2)[C@@H](C)CN([C@@H](C)CO)C(=O)c2cc(NC(=O)NC3CCCCC3)ccc2O1. The van der Waals surface area contributed by atoms with Gasteiger partial charge in [-0.25, -0.2) is 9.59 Å². The topological polar surface area (TPSA) is 132 Å². The van der Waals surface area contributed by atoms with Crippen LogP contribution in [0.15, 0.2) is 18.2 Å². The normalized spacial score (nSPS) is 24.7. The average molecular weight is 658 g/mol. The monoisotopic (exact) mass is 657 g/mol. The van der Waals surface area contributed by atoms with Crippen molar-refractivity contribution in [2.24, 2.45) is 5.92 Å². The van der Waals surface area contributed by atoms with E-state index >= 15 is 0 Å². The Hall–Kier alpha value is -3.05. The fourth-order valence-electron chi connectivity index (χ4n) is 6.95. The van der Waals surface area contributed by atoms with Crippen LogP contribution in [-0.4, -0.2) is 96.6 Å². The molecule has 0 spiro atoms. The lowest BCUT2D eigenvalue weighted by Gasteiger charge is -2.36. The van der Waals surface area contributed by atoms with E-state index in [-0.39, 0.29) is 54.8 Å². The Morgan fingerprint density at radius 1 is 0.957 bits per heavy atom. The van der Waals surface area contributed by atoms with Crippen molar-refractivity contribution >= 4 is 23.7 Å². The van der Waals surface area contributed by atoms with E-state index in [9.17, 15) is 19.5 Å². The van der Waals surface area contributed by atoms with Crippen molar-refractivity contribution in [1.82, 2.24) is 20.4 Å². The van der Waals surface area contributed by atoms with E-state index in [1.165, 1.54) is 12.8 Å². The van der Waals surface area contributed by atoms with E-state index in [1.54, 1.807) is 35.0 Å². The summed E-state index contributed by atoms with van der Waals surface area (Å²) in [6.45, 7) is 6.84. The molecular formula is C36H59N5O6. The minimum absolute atomic E-state index is 0.101. The standard InChI is InChI=1S/C36H59N5O6/c1-25-22-41(26(2)24-42)34(43)31-21-30(38-35(44)37-28-14-7-5-8-15-28)18-19-32(31)47-27(3)13-11-12-20-46-33(25)23-40(4)36(45)39-29-16-9-6-10-17-29/h18-19,21,25-29,33,42H,5-17,20,22-24H2,1-4H3,(H,39,45)(H2,37,38,44)/t25-,26-,27-,33-/m0/s1. The maximum atomic E-state index is 14.4. The van der Waals surface area contributed by atoms with Gasteiger partial charge in [0.15, 0.2) is 0 Å². The molecule has 2 aliphatic carbocycles. The molecule has 0 saturated heterocycles. The molecular weight excluding hydrogens is 598 g/mol. The first-order valence-electron chi connectivity index (χ1n) is 18.1. The summed E-state index contributed by atoms with van der Waals surface area (Å²) in [5, 5.41) is 19.4. The van der Waals surface area contributed by atoms with Crippen molar-refractivity contribution in [1.29, 1.82) is 0 Å². The number of aliphatic hydroxyl groups is 1. The number of nitrogens with one attached hydrogen (secondary N) is 3. The van der Waals surface area contributed by atoms with Crippen LogP contribution in [-0.2, 0) is 4.74 Å². The number of anilines is 1. The Kier molecular flexibility index (Phi) is 14.5. The number of amides is 5. The summed E-state index contributed by atoms with van der Waals surface area (Å²) in [5.74, 6) is 0.00958. The highest BCUT2D eigenvalue weighted by Crippen LogP contribution is 2.29. The fraction of sp³-hybridized carbons (Fsp3) is 0.750. The van der Waals surface area contributed by atoms with Crippen LogP contribution in [0.3, 0.4) is 0 Å². The molecule has 2 saturated carbocycles. The number of hydrogen-bond donors (Lipinski definition) is 4. The molecule has 264 valence electrons. The minimum atomic E-state index is -0.484. The molecule has 11 heteroatoms. The third-order valence-electron chi connectivity index (χ3n) is 9.98.